The van der Waals surface area contributed by atoms with Gasteiger partial charge in [-0.25, -0.2) is 0 Å². The maximum atomic E-state index is 12.0. The lowest BCUT2D eigenvalue weighted by atomic mass is 10.0. The zero-order valence-corrected chi connectivity index (χ0v) is 14.8. The number of anilines is 1. The molecule has 0 radical (unpaired) electrons. The molecule has 128 valence electrons. The highest BCUT2D eigenvalue weighted by atomic mass is 16.1. The van der Waals surface area contributed by atoms with Crippen LogP contribution in [0.3, 0.4) is 0 Å². The van der Waals surface area contributed by atoms with Crippen LogP contribution in [0.4, 0.5) is 5.69 Å². The van der Waals surface area contributed by atoms with Gasteiger partial charge in [0.15, 0.2) is 0 Å². The second-order valence-electron chi connectivity index (χ2n) is 6.65. The molecule has 1 saturated heterocycles. The SMILES string of the molecule is CCCCC(=O)NC[C@H](c1ccc(N(C)C)cc1)N1CCCC1. The van der Waals surface area contributed by atoms with Crippen LogP contribution in [0.15, 0.2) is 24.3 Å². The quantitative estimate of drug-likeness (QED) is 0.800. The first-order chi connectivity index (χ1) is 11.1. The topological polar surface area (TPSA) is 35.6 Å². The summed E-state index contributed by atoms with van der Waals surface area (Å²) in [6, 6.07) is 9.03. The summed E-state index contributed by atoms with van der Waals surface area (Å²) in [5.74, 6) is 0.181. The van der Waals surface area contributed by atoms with Crippen molar-refractivity contribution in [3.63, 3.8) is 0 Å². The Balaban J connectivity index is 2.03. The van der Waals surface area contributed by atoms with Gasteiger partial charge in [0.2, 0.25) is 5.91 Å². The van der Waals surface area contributed by atoms with E-state index in [2.05, 4.69) is 60.4 Å². The van der Waals surface area contributed by atoms with E-state index in [0.717, 1.165) is 25.9 Å². The van der Waals surface area contributed by atoms with E-state index in [0.29, 0.717) is 19.0 Å². The molecule has 4 heteroatoms. The van der Waals surface area contributed by atoms with Crippen molar-refractivity contribution >= 4 is 11.6 Å². The lowest BCUT2D eigenvalue weighted by molar-refractivity contribution is -0.121. The minimum atomic E-state index is 0.181. The molecule has 1 aromatic carbocycles. The fourth-order valence-corrected chi connectivity index (χ4v) is 3.14. The Morgan fingerprint density at radius 2 is 1.87 bits per heavy atom. The van der Waals surface area contributed by atoms with E-state index in [9.17, 15) is 4.79 Å². The van der Waals surface area contributed by atoms with Crippen LogP contribution in [0.2, 0.25) is 0 Å². The summed E-state index contributed by atoms with van der Waals surface area (Å²) in [5.41, 5.74) is 2.51. The Labute approximate surface area is 140 Å². The molecule has 0 saturated carbocycles. The van der Waals surface area contributed by atoms with Crippen LogP contribution in [-0.4, -0.2) is 44.5 Å². The zero-order valence-electron chi connectivity index (χ0n) is 14.8. The molecule has 1 aliphatic rings. The first kappa shape index (κ1) is 17.8. The Kier molecular flexibility index (Phi) is 6.90. The minimum Gasteiger partial charge on any atom is -0.378 e. The van der Waals surface area contributed by atoms with Crippen molar-refractivity contribution in [2.45, 2.75) is 45.1 Å². The number of amides is 1. The summed E-state index contributed by atoms with van der Waals surface area (Å²) < 4.78 is 0. The molecule has 1 aliphatic heterocycles. The maximum Gasteiger partial charge on any atom is 0.220 e. The van der Waals surface area contributed by atoms with E-state index in [-0.39, 0.29) is 5.91 Å². The molecule has 23 heavy (non-hydrogen) atoms. The molecule has 1 aromatic rings. The van der Waals surface area contributed by atoms with Crippen LogP contribution < -0.4 is 10.2 Å². The number of likely N-dealkylation sites (tertiary alicyclic amines) is 1. The van der Waals surface area contributed by atoms with E-state index in [4.69, 9.17) is 0 Å². The molecule has 1 atom stereocenters. The smallest absolute Gasteiger partial charge is 0.220 e. The largest absolute Gasteiger partial charge is 0.378 e. The van der Waals surface area contributed by atoms with E-state index < -0.39 is 0 Å². The Morgan fingerprint density at radius 1 is 1.22 bits per heavy atom. The van der Waals surface area contributed by atoms with Crippen molar-refractivity contribution in [2.75, 3.05) is 38.6 Å². The summed E-state index contributed by atoms with van der Waals surface area (Å²) in [6.45, 7) is 5.09. The van der Waals surface area contributed by atoms with Gasteiger partial charge in [-0.2, -0.15) is 0 Å². The molecule has 0 aliphatic carbocycles. The van der Waals surface area contributed by atoms with E-state index >= 15 is 0 Å². The van der Waals surface area contributed by atoms with Crippen molar-refractivity contribution in [1.29, 1.82) is 0 Å². The van der Waals surface area contributed by atoms with Crippen LogP contribution in [-0.2, 0) is 4.79 Å². The van der Waals surface area contributed by atoms with Gasteiger partial charge in [-0.1, -0.05) is 25.5 Å². The zero-order chi connectivity index (χ0) is 16.7. The molecular weight excluding hydrogens is 286 g/mol. The third kappa shape index (κ3) is 5.24. The van der Waals surface area contributed by atoms with Gasteiger partial charge in [0.1, 0.15) is 0 Å². The van der Waals surface area contributed by atoms with E-state index in [1.165, 1.54) is 24.1 Å². The molecule has 4 nitrogen and oxygen atoms in total. The normalized spacial score (nSPS) is 16.3. The molecule has 1 fully saturated rings. The first-order valence-corrected chi connectivity index (χ1v) is 8.90. The number of carbonyl (C=O) groups excluding carboxylic acids is 1. The molecule has 0 spiro atoms. The number of rotatable bonds is 8. The third-order valence-corrected chi connectivity index (χ3v) is 4.63. The number of benzene rings is 1. The number of nitrogens with zero attached hydrogens (tertiary/aromatic N) is 2. The predicted octanol–water partition coefficient (Wildman–Crippen LogP) is 3.20. The average molecular weight is 317 g/mol. The summed E-state index contributed by atoms with van der Waals surface area (Å²) in [7, 11) is 4.11. The van der Waals surface area contributed by atoms with Gasteiger partial charge in [0.05, 0.1) is 6.04 Å². The summed E-state index contributed by atoms with van der Waals surface area (Å²) in [5, 5.41) is 3.14. The Morgan fingerprint density at radius 3 is 2.43 bits per heavy atom. The summed E-state index contributed by atoms with van der Waals surface area (Å²) >= 11 is 0. The number of hydrogen-bond acceptors (Lipinski definition) is 3. The molecule has 1 amide bonds. The van der Waals surface area contributed by atoms with Crippen LogP contribution >= 0.6 is 0 Å². The number of hydrogen-bond donors (Lipinski definition) is 1. The highest BCUT2D eigenvalue weighted by Crippen LogP contribution is 2.26. The average Bonchev–Trinajstić information content (AvgIpc) is 3.08. The molecule has 0 aromatic heterocycles. The fraction of sp³-hybridized carbons (Fsp3) is 0.632. The van der Waals surface area contributed by atoms with Crippen LogP contribution in [0.5, 0.6) is 0 Å². The van der Waals surface area contributed by atoms with Crippen molar-refractivity contribution in [2.24, 2.45) is 0 Å². The van der Waals surface area contributed by atoms with Crippen molar-refractivity contribution < 1.29 is 4.79 Å². The lowest BCUT2D eigenvalue weighted by Crippen LogP contribution is -2.36. The highest BCUT2D eigenvalue weighted by Gasteiger charge is 2.23. The summed E-state index contributed by atoms with van der Waals surface area (Å²) in [6.07, 6.45) is 5.20. The number of nitrogens with one attached hydrogen (secondary N) is 1. The Hall–Kier alpha value is -1.55. The first-order valence-electron chi connectivity index (χ1n) is 8.90. The van der Waals surface area contributed by atoms with Gasteiger partial charge >= 0.3 is 0 Å². The van der Waals surface area contributed by atoms with Crippen molar-refractivity contribution in [3.8, 4) is 0 Å². The molecule has 0 bridgehead atoms. The molecular formula is C19H31N3O. The molecule has 0 unspecified atom stereocenters. The second kappa shape index (κ2) is 8.92. The van der Waals surface area contributed by atoms with Gasteiger partial charge < -0.3 is 10.2 Å². The van der Waals surface area contributed by atoms with Crippen LogP contribution in [0.25, 0.3) is 0 Å². The standard InChI is InChI=1S/C19H31N3O/c1-4-5-8-19(23)20-15-18(22-13-6-7-14-22)16-9-11-17(12-10-16)21(2)3/h9-12,18H,4-8,13-15H2,1-3H3,(H,20,23)/t18-/m1/s1. The van der Waals surface area contributed by atoms with Crippen molar-refractivity contribution in [3.05, 3.63) is 29.8 Å². The van der Waals surface area contributed by atoms with Gasteiger partial charge in [0.25, 0.3) is 0 Å². The number of unbranched alkanes of at least 4 members (excludes halogenated alkanes) is 1. The summed E-state index contributed by atoms with van der Waals surface area (Å²) in [4.78, 5) is 16.6. The van der Waals surface area contributed by atoms with Gasteiger partial charge in [0, 0.05) is 32.7 Å². The van der Waals surface area contributed by atoms with E-state index in [1.54, 1.807) is 0 Å². The van der Waals surface area contributed by atoms with Crippen LogP contribution in [0, 0.1) is 0 Å². The molecule has 1 heterocycles. The van der Waals surface area contributed by atoms with Gasteiger partial charge in [-0.3, -0.25) is 9.69 Å². The maximum absolute atomic E-state index is 12.0. The second-order valence-corrected chi connectivity index (χ2v) is 6.65. The number of carbonyl (C=O) groups is 1. The van der Waals surface area contributed by atoms with E-state index in [1.807, 2.05) is 0 Å². The van der Waals surface area contributed by atoms with Gasteiger partial charge in [-0.05, 0) is 50.0 Å². The third-order valence-electron chi connectivity index (χ3n) is 4.63. The van der Waals surface area contributed by atoms with Crippen molar-refractivity contribution in [1.82, 2.24) is 10.2 Å². The minimum absolute atomic E-state index is 0.181. The molecule has 1 N–H and O–H groups in total. The fourth-order valence-electron chi connectivity index (χ4n) is 3.14. The van der Waals surface area contributed by atoms with Gasteiger partial charge in [-0.15, -0.1) is 0 Å². The highest BCUT2D eigenvalue weighted by molar-refractivity contribution is 5.75. The molecule has 2 rings (SSSR count). The lowest BCUT2D eigenvalue weighted by Gasteiger charge is -2.28. The monoisotopic (exact) mass is 317 g/mol. The predicted molar refractivity (Wildman–Crippen MR) is 96.9 cm³/mol. The Bertz CT molecular complexity index is 478. The van der Waals surface area contributed by atoms with Crippen LogP contribution in [0.1, 0.15) is 50.6 Å².